The van der Waals surface area contributed by atoms with E-state index in [0.29, 0.717) is 6.42 Å². The van der Waals surface area contributed by atoms with E-state index in [0.717, 1.165) is 43.4 Å². The number of carbonyl (C=O) groups is 2. The number of aliphatic hydroxyl groups is 1. The lowest BCUT2D eigenvalue weighted by Crippen LogP contribution is -2.50. The Bertz CT molecular complexity index is 817. The van der Waals surface area contributed by atoms with Gasteiger partial charge in [-0.05, 0) is 42.8 Å². The molecule has 1 aromatic carbocycles. The predicted octanol–water partition coefficient (Wildman–Crippen LogP) is 0.766. The number of carbonyl (C=O) groups excluding carboxylic acids is 2. The summed E-state index contributed by atoms with van der Waals surface area (Å²) in [6.45, 7) is 3.73. The van der Waals surface area contributed by atoms with Gasteiger partial charge in [0.05, 0.1) is 19.4 Å². The normalized spacial score (nSPS) is 15.4. The molecule has 31 heavy (non-hydrogen) atoms. The second kappa shape index (κ2) is 11.4. The molecule has 2 aromatic rings. The summed E-state index contributed by atoms with van der Waals surface area (Å²) in [6.07, 6.45) is 2.02. The zero-order valence-corrected chi connectivity index (χ0v) is 17.8. The molecular weight excluding hydrogens is 400 g/mol. The number of nitrogens with zero attached hydrogens (tertiary/aromatic N) is 2. The Morgan fingerprint density at radius 3 is 2.42 bits per heavy atom. The van der Waals surface area contributed by atoms with Crippen LogP contribution in [0.15, 0.2) is 47.1 Å². The molecule has 3 N–H and O–H groups in total. The van der Waals surface area contributed by atoms with Gasteiger partial charge in [0, 0.05) is 51.6 Å². The van der Waals surface area contributed by atoms with Crippen LogP contribution in [0.3, 0.4) is 0 Å². The van der Waals surface area contributed by atoms with Gasteiger partial charge in [-0.3, -0.25) is 14.5 Å². The molecule has 1 fully saturated rings. The molecule has 1 atom stereocenters. The molecule has 0 bridgehead atoms. The van der Waals surface area contributed by atoms with Crippen LogP contribution in [0.1, 0.15) is 18.2 Å². The summed E-state index contributed by atoms with van der Waals surface area (Å²) in [4.78, 5) is 28.6. The van der Waals surface area contributed by atoms with E-state index in [-0.39, 0.29) is 25.7 Å². The van der Waals surface area contributed by atoms with Crippen LogP contribution >= 0.6 is 0 Å². The standard InChI is InChI=1S/C22H30N4O5/c1-30-18-7-5-17(6-8-18)25-10-12-26(13-11-25)19(20-4-2-15-31-20)16-24-22(29)21(28)23-9-3-14-27/h2,4-8,15,19,27H,3,9-14,16H2,1H3,(H,23,28)(H,24,29)/t19-/m0/s1. The molecule has 2 amide bonds. The van der Waals surface area contributed by atoms with Crippen molar-refractivity contribution in [1.82, 2.24) is 15.5 Å². The van der Waals surface area contributed by atoms with Gasteiger partial charge >= 0.3 is 11.8 Å². The second-order valence-corrected chi connectivity index (χ2v) is 7.30. The van der Waals surface area contributed by atoms with Crippen molar-refractivity contribution in [2.24, 2.45) is 0 Å². The van der Waals surface area contributed by atoms with Crippen molar-refractivity contribution in [2.45, 2.75) is 12.5 Å². The molecule has 0 saturated carbocycles. The number of amides is 2. The van der Waals surface area contributed by atoms with Gasteiger partial charge in [-0.2, -0.15) is 0 Å². The molecule has 1 aliphatic rings. The van der Waals surface area contributed by atoms with E-state index in [1.165, 1.54) is 0 Å². The Labute approximate surface area is 182 Å². The van der Waals surface area contributed by atoms with Crippen molar-refractivity contribution in [3.8, 4) is 5.75 Å². The van der Waals surface area contributed by atoms with Crippen molar-refractivity contribution in [2.75, 3.05) is 57.9 Å². The number of methoxy groups -OCH3 is 1. The van der Waals surface area contributed by atoms with Gasteiger partial charge in [0.1, 0.15) is 11.5 Å². The van der Waals surface area contributed by atoms with E-state index >= 15 is 0 Å². The fourth-order valence-electron chi connectivity index (χ4n) is 3.61. The van der Waals surface area contributed by atoms with Gasteiger partial charge < -0.3 is 29.8 Å². The first-order chi connectivity index (χ1) is 15.1. The molecule has 3 rings (SSSR count). The number of nitrogens with one attached hydrogen (secondary N) is 2. The van der Waals surface area contributed by atoms with Gasteiger partial charge in [0.15, 0.2) is 0 Å². The lowest BCUT2D eigenvalue weighted by atomic mass is 10.1. The Hall–Kier alpha value is -3.04. The van der Waals surface area contributed by atoms with Gasteiger partial charge in [0.2, 0.25) is 0 Å². The fourth-order valence-corrected chi connectivity index (χ4v) is 3.61. The molecular formula is C22H30N4O5. The lowest BCUT2D eigenvalue weighted by Gasteiger charge is -2.39. The SMILES string of the molecule is COc1ccc(N2CCN([C@@H](CNC(=O)C(=O)NCCCO)c3ccco3)CC2)cc1. The first-order valence-electron chi connectivity index (χ1n) is 10.5. The molecule has 0 unspecified atom stereocenters. The van der Waals surface area contributed by atoms with Crippen molar-refractivity contribution in [3.05, 3.63) is 48.4 Å². The minimum Gasteiger partial charge on any atom is -0.497 e. The molecule has 1 saturated heterocycles. The molecule has 1 aromatic heterocycles. The summed E-state index contributed by atoms with van der Waals surface area (Å²) in [5, 5.41) is 14.0. The number of hydrogen-bond donors (Lipinski definition) is 3. The third-order valence-corrected chi connectivity index (χ3v) is 5.35. The van der Waals surface area contributed by atoms with Crippen LogP contribution in [0.25, 0.3) is 0 Å². The van der Waals surface area contributed by atoms with Crippen LogP contribution in [0, 0.1) is 0 Å². The quantitative estimate of drug-likeness (QED) is 0.398. The molecule has 0 spiro atoms. The smallest absolute Gasteiger partial charge is 0.309 e. The van der Waals surface area contributed by atoms with E-state index in [2.05, 4.69) is 20.4 Å². The third-order valence-electron chi connectivity index (χ3n) is 5.35. The van der Waals surface area contributed by atoms with Crippen molar-refractivity contribution < 1.29 is 23.8 Å². The molecule has 9 heteroatoms. The number of anilines is 1. The van der Waals surface area contributed by atoms with Gasteiger partial charge in [-0.15, -0.1) is 0 Å². The largest absolute Gasteiger partial charge is 0.497 e. The van der Waals surface area contributed by atoms with E-state index < -0.39 is 11.8 Å². The van der Waals surface area contributed by atoms with Gasteiger partial charge in [-0.25, -0.2) is 0 Å². The summed E-state index contributed by atoms with van der Waals surface area (Å²) < 4.78 is 10.8. The lowest BCUT2D eigenvalue weighted by molar-refractivity contribution is -0.139. The molecule has 0 aliphatic carbocycles. The Morgan fingerprint density at radius 2 is 1.81 bits per heavy atom. The number of rotatable bonds is 9. The number of hydrogen-bond acceptors (Lipinski definition) is 7. The summed E-state index contributed by atoms with van der Waals surface area (Å²) in [7, 11) is 1.65. The van der Waals surface area contributed by atoms with Crippen molar-refractivity contribution in [3.63, 3.8) is 0 Å². The number of piperazine rings is 1. The maximum Gasteiger partial charge on any atom is 0.309 e. The number of furan rings is 1. The summed E-state index contributed by atoms with van der Waals surface area (Å²) in [6, 6.07) is 11.5. The third kappa shape index (κ3) is 6.22. The number of ether oxygens (including phenoxy) is 1. The summed E-state index contributed by atoms with van der Waals surface area (Å²) in [5.74, 6) is 0.192. The van der Waals surface area contributed by atoms with E-state index in [1.54, 1.807) is 13.4 Å². The zero-order chi connectivity index (χ0) is 22.1. The maximum atomic E-state index is 12.1. The van der Waals surface area contributed by atoms with E-state index in [9.17, 15) is 9.59 Å². The number of aliphatic hydroxyl groups excluding tert-OH is 1. The average molecular weight is 431 g/mol. The van der Waals surface area contributed by atoms with Crippen molar-refractivity contribution in [1.29, 1.82) is 0 Å². The molecule has 2 heterocycles. The minimum atomic E-state index is -0.698. The second-order valence-electron chi connectivity index (χ2n) is 7.30. The van der Waals surface area contributed by atoms with E-state index in [1.807, 2.05) is 36.4 Å². The van der Waals surface area contributed by atoms with Crippen LogP contribution in [0.4, 0.5) is 5.69 Å². The topological polar surface area (TPSA) is 107 Å². The average Bonchev–Trinajstić information content (AvgIpc) is 3.34. The monoisotopic (exact) mass is 430 g/mol. The van der Waals surface area contributed by atoms with Crippen LogP contribution in [-0.2, 0) is 9.59 Å². The molecule has 0 radical (unpaired) electrons. The predicted molar refractivity (Wildman–Crippen MR) is 116 cm³/mol. The van der Waals surface area contributed by atoms with Crippen LogP contribution in [0.5, 0.6) is 5.75 Å². The van der Waals surface area contributed by atoms with Crippen LogP contribution < -0.4 is 20.3 Å². The highest BCUT2D eigenvalue weighted by Crippen LogP contribution is 2.25. The van der Waals surface area contributed by atoms with E-state index in [4.69, 9.17) is 14.3 Å². The Kier molecular flexibility index (Phi) is 8.31. The molecule has 1 aliphatic heterocycles. The molecule has 168 valence electrons. The minimum absolute atomic E-state index is 0.0367. The highest BCUT2D eigenvalue weighted by Gasteiger charge is 2.28. The summed E-state index contributed by atoms with van der Waals surface area (Å²) >= 11 is 0. The fraction of sp³-hybridized carbons (Fsp3) is 0.455. The Balaban J connectivity index is 1.56. The van der Waals surface area contributed by atoms with Gasteiger partial charge in [-0.1, -0.05) is 0 Å². The van der Waals surface area contributed by atoms with Crippen LogP contribution in [-0.4, -0.2) is 74.8 Å². The molecule has 9 nitrogen and oxygen atoms in total. The number of benzene rings is 1. The van der Waals surface area contributed by atoms with Crippen LogP contribution in [0.2, 0.25) is 0 Å². The highest BCUT2D eigenvalue weighted by molar-refractivity contribution is 6.35. The zero-order valence-electron chi connectivity index (χ0n) is 17.8. The van der Waals surface area contributed by atoms with Gasteiger partial charge in [0.25, 0.3) is 0 Å². The first-order valence-corrected chi connectivity index (χ1v) is 10.5. The van der Waals surface area contributed by atoms with Crippen molar-refractivity contribution >= 4 is 17.5 Å². The highest BCUT2D eigenvalue weighted by atomic mass is 16.5. The Morgan fingerprint density at radius 1 is 1.10 bits per heavy atom. The summed E-state index contributed by atoms with van der Waals surface area (Å²) in [5.41, 5.74) is 1.14. The first kappa shape index (κ1) is 22.6. The maximum absolute atomic E-state index is 12.1.